The van der Waals surface area contributed by atoms with Crippen LogP contribution in [0.5, 0.6) is 0 Å². The lowest BCUT2D eigenvalue weighted by molar-refractivity contribution is 0.645. The van der Waals surface area contributed by atoms with Gasteiger partial charge in [0.15, 0.2) is 0 Å². The van der Waals surface area contributed by atoms with Gasteiger partial charge in [-0.3, -0.25) is 0 Å². The van der Waals surface area contributed by atoms with Crippen LogP contribution in [0.1, 0.15) is 30.4 Å². The molecular weight excluding hydrogens is 206 g/mol. The van der Waals surface area contributed by atoms with Crippen LogP contribution in [0, 0.1) is 6.92 Å². The Bertz CT molecular complexity index is 331. The van der Waals surface area contributed by atoms with E-state index in [1.807, 2.05) is 6.07 Å². The summed E-state index contributed by atoms with van der Waals surface area (Å²) in [5.74, 6) is 0. The quantitative estimate of drug-likeness (QED) is 0.756. The Morgan fingerprint density at radius 3 is 2.87 bits per heavy atom. The highest BCUT2D eigenvalue weighted by Crippen LogP contribution is 2.19. The van der Waals surface area contributed by atoms with Crippen molar-refractivity contribution in [1.82, 2.24) is 5.32 Å². The van der Waals surface area contributed by atoms with Crippen molar-refractivity contribution in [2.45, 2.75) is 38.6 Å². The monoisotopic (exact) mass is 223 g/mol. The van der Waals surface area contributed by atoms with Crippen molar-refractivity contribution in [3.63, 3.8) is 0 Å². The topological polar surface area (TPSA) is 12.0 Å². The summed E-state index contributed by atoms with van der Waals surface area (Å²) in [7, 11) is 0. The van der Waals surface area contributed by atoms with Gasteiger partial charge in [0.05, 0.1) is 0 Å². The fourth-order valence-corrected chi connectivity index (χ4v) is 1.87. The standard InChI is InChI=1S/C13H18ClN/c1-10-9-11(4-7-13(10)14)3-2-8-15-12-5-6-12/h4,7,9,12,15H,2-3,5-6,8H2,1H3. The van der Waals surface area contributed by atoms with Crippen molar-refractivity contribution in [1.29, 1.82) is 0 Å². The molecule has 0 unspecified atom stereocenters. The fraction of sp³-hybridized carbons (Fsp3) is 0.538. The van der Waals surface area contributed by atoms with Gasteiger partial charge in [-0.2, -0.15) is 0 Å². The molecule has 1 N–H and O–H groups in total. The Morgan fingerprint density at radius 1 is 1.40 bits per heavy atom. The molecule has 1 aromatic rings. The molecule has 0 aliphatic heterocycles. The van der Waals surface area contributed by atoms with Crippen molar-refractivity contribution >= 4 is 11.6 Å². The summed E-state index contributed by atoms with van der Waals surface area (Å²) in [4.78, 5) is 0. The highest BCUT2D eigenvalue weighted by molar-refractivity contribution is 6.31. The van der Waals surface area contributed by atoms with Crippen LogP contribution in [-0.2, 0) is 6.42 Å². The minimum absolute atomic E-state index is 0.831. The maximum atomic E-state index is 5.98. The van der Waals surface area contributed by atoms with Crippen molar-refractivity contribution in [3.05, 3.63) is 34.3 Å². The number of hydrogen-bond donors (Lipinski definition) is 1. The summed E-state index contributed by atoms with van der Waals surface area (Å²) < 4.78 is 0. The van der Waals surface area contributed by atoms with E-state index >= 15 is 0 Å². The molecule has 1 fully saturated rings. The van der Waals surface area contributed by atoms with Gasteiger partial charge in [0, 0.05) is 11.1 Å². The van der Waals surface area contributed by atoms with E-state index in [0.717, 1.165) is 24.0 Å². The zero-order chi connectivity index (χ0) is 10.7. The van der Waals surface area contributed by atoms with Crippen molar-refractivity contribution in [2.24, 2.45) is 0 Å². The van der Waals surface area contributed by atoms with Crippen molar-refractivity contribution in [2.75, 3.05) is 6.54 Å². The van der Waals surface area contributed by atoms with Crippen LogP contribution in [0.4, 0.5) is 0 Å². The average molecular weight is 224 g/mol. The normalized spacial score (nSPS) is 15.6. The third-order valence-corrected chi connectivity index (χ3v) is 3.30. The summed E-state index contributed by atoms with van der Waals surface area (Å²) in [5.41, 5.74) is 2.58. The molecular formula is C13H18ClN. The molecule has 0 radical (unpaired) electrons. The Morgan fingerprint density at radius 2 is 2.20 bits per heavy atom. The van der Waals surface area contributed by atoms with Crippen LogP contribution >= 0.6 is 11.6 Å². The van der Waals surface area contributed by atoms with Gasteiger partial charge in [-0.05, 0) is 56.3 Å². The molecule has 1 aromatic carbocycles. The van der Waals surface area contributed by atoms with Gasteiger partial charge < -0.3 is 5.32 Å². The Hall–Kier alpha value is -0.530. The van der Waals surface area contributed by atoms with Gasteiger partial charge in [0.25, 0.3) is 0 Å². The van der Waals surface area contributed by atoms with Crippen LogP contribution in [0.15, 0.2) is 18.2 Å². The highest BCUT2D eigenvalue weighted by atomic mass is 35.5. The van der Waals surface area contributed by atoms with Gasteiger partial charge >= 0.3 is 0 Å². The van der Waals surface area contributed by atoms with Crippen LogP contribution in [0.25, 0.3) is 0 Å². The van der Waals surface area contributed by atoms with Crippen molar-refractivity contribution in [3.8, 4) is 0 Å². The largest absolute Gasteiger partial charge is 0.314 e. The third kappa shape index (κ3) is 3.51. The summed E-state index contributed by atoms with van der Waals surface area (Å²) in [6.45, 7) is 3.21. The first-order chi connectivity index (χ1) is 7.25. The third-order valence-electron chi connectivity index (χ3n) is 2.87. The molecule has 82 valence electrons. The van der Waals surface area contributed by atoms with Crippen LogP contribution in [0.3, 0.4) is 0 Å². The molecule has 15 heavy (non-hydrogen) atoms. The summed E-state index contributed by atoms with van der Waals surface area (Å²) in [5, 5.41) is 4.40. The van der Waals surface area contributed by atoms with Crippen LogP contribution in [0.2, 0.25) is 5.02 Å². The molecule has 1 aliphatic carbocycles. The lowest BCUT2D eigenvalue weighted by Gasteiger charge is -2.05. The lowest BCUT2D eigenvalue weighted by Crippen LogP contribution is -2.17. The maximum absolute atomic E-state index is 5.98. The summed E-state index contributed by atoms with van der Waals surface area (Å²) in [6, 6.07) is 7.16. The van der Waals surface area contributed by atoms with E-state index < -0.39 is 0 Å². The molecule has 1 nitrogen and oxygen atoms in total. The molecule has 0 amide bonds. The van der Waals surface area contributed by atoms with Gasteiger partial charge in [-0.25, -0.2) is 0 Å². The van der Waals surface area contributed by atoms with Crippen LogP contribution < -0.4 is 5.32 Å². The zero-order valence-corrected chi connectivity index (χ0v) is 9.98. The SMILES string of the molecule is Cc1cc(CCCNC2CC2)ccc1Cl. The zero-order valence-electron chi connectivity index (χ0n) is 9.22. The van der Waals surface area contributed by atoms with E-state index in [0.29, 0.717) is 0 Å². The van der Waals surface area contributed by atoms with Gasteiger partial charge in [-0.1, -0.05) is 23.7 Å². The maximum Gasteiger partial charge on any atom is 0.0435 e. The van der Waals surface area contributed by atoms with E-state index in [-0.39, 0.29) is 0 Å². The number of benzene rings is 1. The van der Waals surface area contributed by atoms with Crippen molar-refractivity contribution < 1.29 is 0 Å². The van der Waals surface area contributed by atoms with Gasteiger partial charge in [-0.15, -0.1) is 0 Å². The highest BCUT2D eigenvalue weighted by Gasteiger charge is 2.19. The second-order valence-corrected chi connectivity index (χ2v) is 4.82. The molecule has 0 heterocycles. The Labute approximate surface area is 96.8 Å². The number of nitrogens with one attached hydrogen (secondary N) is 1. The Kier molecular flexibility index (Phi) is 3.66. The van der Waals surface area contributed by atoms with E-state index in [4.69, 9.17) is 11.6 Å². The molecule has 0 aromatic heterocycles. The molecule has 1 saturated carbocycles. The van der Waals surface area contributed by atoms with E-state index in [1.165, 1.54) is 30.4 Å². The number of rotatable bonds is 5. The van der Waals surface area contributed by atoms with Crippen LogP contribution in [-0.4, -0.2) is 12.6 Å². The van der Waals surface area contributed by atoms with E-state index in [2.05, 4.69) is 24.4 Å². The lowest BCUT2D eigenvalue weighted by atomic mass is 10.1. The predicted molar refractivity (Wildman–Crippen MR) is 65.5 cm³/mol. The molecule has 0 spiro atoms. The summed E-state index contributed by atoms with van der Waals surface area (Å²) in [6.07, 6.45) is 5.12. The number of halogens is 1. The second kappa shape index (κ2) is 5.00. The van der Waals surface area contributed by atoms with E-state index in [1.54, 1.807) is 0 Å². The Balaban J connectivity index is 1.74. The predicted octanol–water partition coefficient (Wildman–Crippen LogP) is 3.33. The van der Waals surface area contributed by atoms with Gasteiger partial charge in [0.1, 0.15) is 0 Å². The fourth-order valence-electron chi connectivity index (χ4n) is 1.75. The summed E-state index contributed by atoms with van der Waals surface area (Å²) >= 11 is 5.98. The molecule has 0 saturated heterocycles. The van der Waals surface area contributed by atoms with Gasteiger partial charge in [0.2, 0.25) is 0 Å². The molecule has 1 aliphatic rings. The molecule has 0 atom stereocenters. The number of hydrogen-bond acceptors (Lipinski definition) is 1. The first-order valence-electron chi connectivity index (χ1n) is 5.74. The molecule has 2 heteroatoms. The minimum Gasteiger partial charge on any atom is -0.314 e. The second-order valence-electron chi connectivity index (χ2n) is 4.42. The molecule has 2 rings (SSSR count). The number of aryl methyl sites for hydroxylation is 2. The smallest absolute Gasteiger partial charge is 0.0435 e. The minimum atomic E-state index is 0.831. The first kappa shape index (κ1) is 11.0. The van der Waals surface area contributed by atoms with E-state index in [9.17, 15) is 0 Å². The average Bonchev–Trinajstić information content (AvgIpc) is 3.02. The first-order valence-corrected chi connectivity index (χ1v) is 6.12. The molecule has 0 bridgehead atoms.